The molecule has 0 amide bonds. The molecule has 1 saturated carbocycles. The van der Waals surface area contributed by atoms with Crippen LogP contribution in [0.5, 0.6) is 0 Å². The van der Waals surface area contributed by atoms with Gasteiger partial charge in [0.05, 0.1) is 18.8 Å². The summed E-state index contributed by atoms with van der Waals surface area (Å²) in [6, 6.07) is 4.23. The molecule has 0 N–H and O–H groups in total. The minimum atomic E-state index is -1.06. The van der Waals surface area contributed by atoms with Gasteiger partial charge < -0.3 is 9.47 Å². The maximum Gasteiger partial charge on any atom is 0.160 e. The standard InChI is InChI=1S/C25H27ClF4O2/c1-2-3-14-12-31-25(32-13-14)16-6-4-15(5-7-16)17-8-19(27)23(20(28)9-17)18-10-21(29)24(26)22(30)11-18/h8-11,14-16,25H,2-7,12-13H2,1H3. The molecule has 2 aromatic carbocycles. The smallest absolute Gasteiger partial charge is 0.160 e. The van der Waals surface area contributed by atoms with E-state index in [1.54, 1.807) is 0 Å². The number of ether oxygens (including phenoxy) is 2. The van der Waals surface area contributed by atoms with Crippen LogP contribution in [0.15, 0.2) is 24.3 Å². The fourth-order valence-corrected chi connectivity index (χ4v) is 5.04. The Kier molecular flexibility index (Phi) is 7.43. The van der Waals surface area contributed by atoms with Crippen molar-refractivity contribution >= 4 is 11.6 Å². The van der Waals surface area contributed by atoms with Crippen LogP contribution < -0.4 is 0 Å². The van der Waals surface area contributed by atoms with E-state index in [2.05, 4.69) is 6.92 Å². The highest BCUT2D eigenvalue weighted by Crippen LogP contribution is 2.41. The molecule has 2 fully saturated rings. The summed E-state index contributed by atoms with van der Waals surface area (Å²) < 4.78 is 69.1. The van der Waals surface area contributed by atoms with E-state index in [4.69, 9.17) is 21.1 Å². The van der Waals surface area contributed by atoms with E-state index in [9.17, 15) is 17.6 Å². The lowest BCUT2D eigenvalue weighted by atomic mass is 9.78. The van der Waals surface area contributed by atoms with Gasteiger partial charge in [0.2, 0.25) is 0 Å². The van der Waals surface area contributed by atoms with Crippen molar-refractivity contribution < 1.29 is 27.0 Å². The molecule has 0 bridgehead atoms. The Hall–Kier alpha value is -1.63. The molecule has 1 saturated heterocycles. The number of rotatable bonds is 5. The fourth-order valence-electron chi connectivity index (χ4n) is 4.93. The van der Waals surface area contributed by atoms with Gasteiger partial charge in [-0.2, -0.15) is 0 Å². The summed E-state index contributed by atoms with van der Waals surface area (Å²) in [7, 11) is 0. The Bertz CT molecular complexity index is 905. The summed E-state index contributed by atoms with van der Waals surface area (Å²) in [5.41, 5.74) is -0.115. The van der Waals surface area contributed by atoms with E-state index >= 15 is 0 Å². The monoisotopic (exact) mass is 470 g/mol. The van der Waals surface area contributed by atoms with Gasteiger partial charge in [-0.05, 0) is 73.4 Å². The first-order chi connectivity index (χ1) is 15.4. The Morgan fingerprint density at radius 1 is 0.844 bits per heavy atom. The van der Waals surface area contributed by atoms with E-state index in [0.29, 0.717) is 11.5 Å². The third kappa shape index (κ3) is 4.97. The molecule has 32 heavy (non-hydrogen) atoms. The predicted molar refractivity (Wildman–Crippen MR) is 116 cm³/mol. The first-order valence-electron chi connectivity index (χ1n) is 11.2. The second kappa shape index (κ2) is 10.1. The van der Waals surface area contributed by atoms with Crippen molar-refractivity contribution in [2.45, 2.75) is 57.7 Å². The van der Waals surface area contributed by atoms with Gasteiger partial charge in [0.25, 0.3) is 0 Å². The first-order valence-corrected chi connectivity index (χ1v) is 11.6. The summed E-state index contributed by atoms with van der Waals surface area (Å²) in [6.45, 7) is 3.60. The van der Waals surface area contributed by atoms with Crippen LogP contribution in [-0.2, 0) is 9.47 Å². The molecule has 1 aliphatic heterocycles. The van der Waals surface area contributed by atoms with Crippen molar-refractivity contribution in [1.82, 2.24) is 0 Å². The molecule has 1 aliphatic carbocycles. The van der Waals surface area contributed by atoms with E-state index < -0.39 is 33.9 Å². The topological polar surface area (TPSA) is 18.5 Å². The maximum absolute atomic E-state index is 14.8. The van der Waals surface area contributed by atoms with Gasteiger partial charge in [0.15, 0.2) is 6.29 Å². The highest BCUT2D eigenvalue weighted by Gasteiger charge is 2.33. The predicted octanol–water partition coefficient (Wildman–Crippen LogP) is 7.63. The van der Waals surface area contributed by atoms with Crippen LogP contribution in [-0.4, -0.2) is 19.5 Å². The molecule has 1 heterocycles. The van der Waals surface area contributed by atoms with E-state index in [1.807, 2.05) is 0 Å². The van der Waals surface area contributed by atoms with Crippen molar-refractivity contribution in [1.29, 1.82) is 0 Å². The second-order valence-electron chi connectivity index (χ2n) is 8.91. The Balaban J connectivity index is 1.43. The van der Waals surface area contributed by atoms with Gasteiger partial charge >= 0.3 is 0 Å². The van der Waals surface area contributed by atoms with Crippen LogP contribution in [0.4, 0.5) is 17.6 Å². The van der Waals surface area contributed by atoms with Crippen molar-refractivity contribution in [3.63, 3.8) is 0 Å². The molecular formula is C25H27ClF4O2. The summed E-state index contributed by atoms with van der Waals surface area (Å²) >= 11 is 5.48. The van der Waals surface area contributed by atoms with Crippen LogP contribution in [0.25, 0.3) is 11.1 Å². The number of halogens is 5. The van der Waals surface area contributed by atoms with Crippen LogP contribution in [0.2, 0.25) is 5.02 Å². The SMILES string of the molecule is CCCC1COC(C2CCC(c3cc(F)c(-c4cc(F)c(Cl)c(F)c4)c(F)c3)CC2)OC1. The molecule has 0 atom stereocenters. The van der Waals surface area contributed by atoms with Crippen molar-refractivity contribution in [2.24, 2.45) is 11.8 Å². The Morgan fingerprint density at radius 2 is 1.41 bits per heavy atom. The summed E-state index contributed by atoms with van der Waals surface area (Å²) in [4.78, 5) is 0. The number of hydrogen-bond donors (Lipinski definition) is 0. The molecule has 0 unspecified atom stereocenters. The molecule has 0 spiro atoms. The molecule has 0 radical (unpaired) electrons. The zero-order valence-corrected chi connectivity index (χ0v) is 18.7. The van der Waals surface area contributed by atoms with Crippen LogP contribution in [0, 0.1) is 35.1 Å². The molecule has 7 heteroatoms. The fraction of sp³-hybridized carbons (Fsp3) is 0.520. The average molecular weight is 471 g/mol. The Morgan fingerprint density at radius 3 is 1.94 bits per heavy atom. The van der Waals surface area contributed by atoms with Crippen LogP contribution >= 0.6 is 11.6 Å². The van der Waals surface area contributed by atoms with Crippen molar-refractivity contribution in [3.05, 3.63) is 58.1 Å². The molecule has 0 aromatic heterocycles. The lowest BCUT2D eigenvalue weighted by Crippen LogP contribution is -2.38. The quantitative estimate of drug-likeness (QED) is 0.330. The summed E-state index contributed by atoms with van der Waals surface area (Å²) in [5, 5.41) is -0.699. The normalized spacial score (nSPS) is 26.3. The lowest BCUT2D eigenvalue weighted by Gasteiger charge is -2.37. The van der Waals surface area contributed by atoms with Gasteiger partial charge in [-0.1, -0.05) is 24.9 Å². The highest BCUT2D eigenvalue weighted by atomic mass is 35.5. The summed E-state index contributed by atoms with van der Waals surface area (Å²) in [6.07, 6.45) is 5.26. The zero-order valence-electron chi connectivity index (χ0n) is 18.0. The molecule has 174 valence electrons. The van der Waals surface area contributed by atoms with E-state index in [1.165, 1.54) is 12.1 Å². The number of hydrogen-bond acceptors (Lipinski definition) is 2. The number of benzene rings is 2. The zero-order chi connectivity index (χ0) is 22.8. The van der Waals surface area contributed by atoms with Gasteiger partial charge in [0.1, 0.15) is 28.3 Å². The van der Waals surface area contributed by atoms with Gasteiger partial charge in [-0.25, -0.2) is 17.6 Å². The van der Waals surface area contributed by atoms with E-state index in [0.717, 1.165) is 63.9 Å². The van der Waals surface area contributed by atoms with Gasteiger partial charge in [0, 0.05) is 11.8 Å². The minimum absolute atomic E-state index is 0.0134. The van der Waals surface area contributed by atoms with Gasteiger partial charge in [-0.15, -0.1) is 0 Å². The molecule has 4 rings (SSSR count). The molecule has 2 aromatic rings. The maximum atomic E-state index is 14.8. The molecule has 2 nitrogen and oxygen atoms in total. The molecular weight excluding hydrogens is 444 g/mol. The molecule has 2 aliphatic rings. The minimum Gasteiger partial charge on any atom is -0.352 e. The van der Waals surface area contributed by atoms with Crippen molar-refractivity contribution in [2.75, 3.05) is 13.2 Å². The largest absolute Gasteiger partial charge is 0.352 e. The first kappa shape index (κ1) is 23.5. The van der Waals surface area contributed by atoms with Crippen LogP contribution in [0.1, 0.15) is 56.9 Å². The third-order valence-corrected chi connectivity index (χ3v) is 7.02. The van der Waals surface area contributed by atoms with Crippen molar-refractivity contribution in [3.8, 4) is 11.1 Å². The highest BCUT2D eigenvalue weighted by molar-refractivity contribution is 6.31. The lowest BCUT2D eigenvalue weighted by molar-refractivity contribution is -0.229. The third-order valence-electron chi connectivity index (χ3n) is 6.65. The average Bonchev–Trinajstić information content (AvgIpc) is 2.78. The van der Waals surface area contributed by atoms with E-state index in [-0.39, 0.29) is 23.7 Å². The van der Waals surface area contributed by atoms with Crippen LogP contribution in [0.3, 0.4) is 0 Å². The second-order valence-corrected chi connectivity index (χ2v) is 9.29. The van der Waals surface area contributed by atoms with Gasteiger partial charge in [-0.3, -0.25) is 0 Å². The Labute approximate surface area is 190 Å². The summed E-state index contributed by atoms with van der Waals surface area (Å²) in [5.74, 6) is -3.05.